The number of rotatable bonds is 4. The molecule has 2 aliphatic heterocycles. The molecule has 0 spiro atoms. The maximum absolute atomic E-state index is 13.6. The summed E-state index contributed by atoms with van der Waals surface area (Å²) >= 11 is 0. The van der Waals surface area contributed by atoms with E-state index in [9.17, 15) is 8.42 Å². The Hall–Kier alpha value is -1.86. The lowest BCUT2D eigenvalue weighted by molar-refractivity contribution is 0.168. The molecule has 0 radical (unpaired) electrons. The van der Waals surface area contributed by atoms with Gasteiger partial charge in [0.15, 0.2) is 0 Å². The van der Waals surface area contributed by atoms with Crippen molar-refractivity contribution in [1.29, 1.82) is 0 Å². The van der Waals surface area contributed by atoms with Crippen LogP contribution in [-0.4, -0.2) is 63.5 Å². The molecule has 0 amide bonds. The third kappa shape index (κ3) is 4.28. The maximum Gasteiger partial charge on any atom is 0.265 e. The number of hydrogen-bond acceptors (Lipinski definition) is 4. The molecule has 0 aromatic heterocycles. The second kappa shape index (κ2) is 8.71. The predicted octanol–water partition coefficient (Wildman–Crippen LogP) is 3.73. The number of sulfonamides is 1. The van der Waals surface area contributed by atoms with Crippen LogP contribution in [0.2, 0.25) is 0 Å². The van der Waals surface area contributed by atoms with Crippen molar-refractivity contribution < 1.29 is 8.42 Å². The number of para-hydroxylation sites is 1. The van der Waals surface area contributed by atoms with Crippen molar-refractivity contribution in [3.05, 3.63) is 66.2 Å². The summed E-state index contributed by atoms with van der Waals surface area (Å²) in [5.74, 6) is 0. The summed E-state index contributed by atoms with van der Waals surface area (Å²) in [6, 6.07) is 16.6. The minimum atomic E-state index is -3.68. The van der Waals surface area contributed by atoms with Crippen molar-refractivity contribution in [3.63, 3.8) is 0 Å². The maximum atomic E-state index is 13.6. The number of fused-ring (bicyclic) bond motifs is 1. The van der Waals surface area contributed by atoms with Gasteiger partial charge in [0.25, 0.3) is 10.0 Å². The Labute approximate surface area is 186 Å². The summed E-state index contributed by atoms with van der Waals surface area (Å²) in [5.41, 5.74) is 2.30. The van der Waals surface area contributed by atoms with Gasteiger partial charge < -0.3 is 4.90 Å². The molecule has 0 saturated carbocycles. The number of nitrogens with zero attached hydrogens (tertiary/aromatic N) is 3. The third-order valence-corrected chi connectivity index (χ3v) is 7.81. The molecule has 162 valence electrons. The van der Waals surface area contributed by atoms with Crippen LogP contribution in [0.15, 0.2) is 65.6 Å². The highest BCUT2D eigenvalue weighted by atomic mass is 35.5. The first-order valence-electron chi connectivity index (χ1n) is 10.1. The molecule has 0 aliphatic carbocycles. The molecule has 0 bridgehead atoms. The molecule has 2 aromatic carbocycles. The average Bonchev–Trinajstić information content (AvgIpc) is 2.69. The zero-order valence-corrected chi connectivity index (χ0v) is 19.4. The van der Waals surface area contributed by atoms with E-state index in [4.69, 9.17) is 0 Å². The van der Waals surface area contributed by atoms with Gasteiger partial charge in [-0.3, -0.25) is 9.21 Å². The van der Waals surface area contributed by atoms with Gasteiger partial charge in [-0.2, -0.15) is 0 Å². The number of anilines is 1. The Morgan fingerprint density at radius 2 is 1.50 bits per heavy atom. The SMILES string of the molecule is CN1CCN(CC2=CC(C)(C)N(S(=O)(=O)c3ccccc3)c3ccccc32)CC1.Cl. The fourth-order valence-corrected chi connectivity index (χ4v) is 6.11. The van der Waals surface area contributed by atoms with Crippen LogP contribution in [0.5, 0.6) is 0 Å². The lowest BCUT2D eigenvalue weighted by Crippen LogP contribution is -2.50. The zero-order valence-electron chi connectivity index (χ0n) is 17.8. The van der Waals surface area contributed by atoms with Crippen LogP contribution in [0, 0.1) is 0 Å². The molecule has 5 nitrogen and oxygen atoms in total. The topological polar surface area (TPSA) is 43.9 Å². The Bertz CT molecular complexity index is 1010. The number of benzene rings is 2. The van der Waals surface area contributed by atoms with E-state index in [1.165, 1.54) is 5.57 Å². The van der Waals surface area contributed by atoms with E-state index < -0.39 is 15.6 Å². The fourth-order valence-electron chi connectivity index (χ4n) is 4.31. The van der Waals surface area contributed by atoms with Crippen molar-refractivity contribution in [2.45, 2.75) is 24.3 Å². The second-order valence-corrected chi connectivity index (χ2v) is 10.3. The molecule has 1 fully saturated rings. The summed E-state index contributed by atoms with van der Waals surface area (Å²) in [6.45, 7) is 8.99. The molecule has 2 aromatic rings. The van der Waals surface area contributed by atoms with E-state index in [2.05, 4.69) is 22.9 Å². The van der Waals surface area contributed by atoms with Gasteiger partial charge in [-0.1, -0.05) is 42.5 Å². The summed E-state index contributed by atoms with van der Waals surface area (Å²) in [6.07, 6.45) is 2.13. The standard InChI is InChI=1S/C23H29N3O2S.ClH/c1-23(2)17-19(18-25-15-13-24(3)14-16-25)21-11-7-8-12-22(21)26(23)29(27,28)20-9-5-4-6-10-20;/h4-12,17H,13-16,18H2,1-3H3;1H. The monoisotopic (exact) mass is 447 g/mol. The molecule has 0 unspecified atom stereocenters. The molecule has 2 aliphatic rings. The molecule has 0 atom stereocenters. The van der Waals surface area contributed by atoms with Gasteiger partial charge >= 0.3 is 0 Å². The average molecular weight is 448 g/mol. The highest BCUT2D eigenvalue weighted by molar-refractivity contribution is 7.93. The largest absolute Gasteiger partial charge is 0.304 e. The molecular weight excluding hydrogens is 418 g/mol. The summed E-state index contributed by atoms with van der Waals surface area (Å²) in [7, 11) is -1.52. The van der Waals surface area contributed by atoms with E-state index in [0.29, 0.717) is 4.90 Å². The third-order valence-electron chi connectivity index (χ3n) is 5.79. The van der Waals surface area contributed by atoms with E-state index in [0.717, 1.165) is 44.0 Å². The lowest BCUT2D eigenvalue weighted by Gasteiger charge is -2.43. The molecule has 1 saturated heterocycles. The van der Waals surface area contributed by atoms with Crippen molar-refractivity contribution in [3.8, 4) is 0 Å². The molecule has 0 N–H and O–H groups in total. The van der Waals surface area contributed by atoms with E-state index in [-0.39, 0.29) is 12.4 Å². The van der Waals surface area contributed by atoms with Crippen LogP contribution in [0.25, 0.3) is 5.57 Å². The Morgan fingerprint density at radius 3 is 2.17 bits per heavy atom. The van der Waals surface area contributed by atoms with Gasteiger partial charge in [-0.25, -0.2) is 8.42 Å². The Morgan fingerprint density at radius 1 is 0.900 bits per heavy atom. The van der Waals surface area contributed by atoms with Crippen LogP contribution in [0.4, 0.5) is 5.69 Å². The summed E-state index contributed by atoms with van der Waals surface area (Å²) in [4.78, 5) is 5.12. The van der Waals surface area contributed by atoms with Crippen LogP contribution in [0.1, 0.15) is 19.4 Å². The van der Waals surface area contributed by atoms with Crippen molar-refractivity contribution in [1.82, 2.24) is 9.80 Å². The predicted molar refractivity (Wildman–Crippen MR) is 126 cm³/mol. The van der Waals surface area contributed by atoms with Gasteiger partial charge in [0.05, 0.1) is 16.1 Å². The van der Waals surface area contributed by atoms with Gasteiger partial charge in [0, 0.05) is 38.3 Å². The van der Waals surface area contributed by atoms with E-state index in [1.54, 1.807) is 28.6 Å². The van der Waals surface area contributed by atoms with Gasteiger partial charge in [-0.15, -0.1) is 12.4 Å². The van der Waals surface area contributed by atoms with Crippen LogP contribution in [-0.2, 0) is 10.0 Å². The summed E-state index contributed by atoms with van der Waals surface area (Å²) < 4.78 is 28.7. The first kappa shape index (κ1) is 22.8. The van der Waals surface area contributed by atoms with Crippen molar-refractivity contribution >= 4 is 33.7 Å². The van der Waals surface area contributed by atoms with Crippen molar-refractivity contribution in [2.75, 3.05) is 44.1 Å². The van der Waals surface area contributed by atoms with Crippen LogP contribution < -0.4 is 4.31 Å². The van der Waals surface area contributed by atoms with Crippen LogP contribution >= 0.6 is 12.4 Å². The normalized spacial score (nSPS) is 19.6. The van der Waals surface area contributed by atoms with E-state index >= 15 is 0 Å². The minimum Gasteiger partial charge on any atom is -0.304 e. The zero-order chi connectivity index (χ0) is 20.6. The molecule has 30 heavy (non-hydrogen) atoms. The number of piperazine rings is 1. The van der Waals surface area contributed by atoms with Gasteiger partial charge in [0.2, 0.25) is 0 Å². The van der Waals surface area contributed by atoms with E-state index in [1.807, 2.05) is 44.2 Å². The molecule has 2 heterocycles. The highest BCUT2D eigenvalue weighted by Crippen LogP contribution is 2.42. The number of hydrogen-bond donors (Lipinski definition) is 0. The highest BCUT2D eigenvalue weighted by Gasteiger charge is 2.41. The first-order chi connectivity index (χ1) is 13.8. The number of halogens is 1. The lowest BCUT2D eigenvalue weighted by atomic mass is 9.90. The molecule has 7 heteroatoms. The van der Waals surface area contributed by atoms with Crippen molar-refractivity contribution in [2.24, 2.45) is 0 Å². The van der Waals surface area contributed by atoms with Gasteiger partial charge in [-0.05, 0) is 44.7 Å². The second-order valence-electron chi connectivity index (χ2n) is 8.50. The van der Waals surface area contributed by atoms with Gasteiger partial charge in [0.1, 0.15) is 0 Å². The molecular formula is C23H30ClN3O2S. The Balaban J connectivity index is 0.00000256. The molecule has 4 rings (SSSR count). The number of likely N-dealkylation sites (N-methyl/N-ethyl adjacent to an activating group) is 1. The van der Waals surface area contributed by atoms with Crippen LogP contribution in [0.3, 0.4) is 0 Å². The summed E-state index contributed by atoms with van der Waals surface area (Å²) in [5, 5.41) is 0. The Kier molecular flexibility index (Phi) is 6.63. The first-order valence-corrected chi connectivity index (χ1v) is 11.6. The minimum absolute atomic E-state index is 0. The smallest absolute Gasteiger partial charge is 0.265 e. The fraction of sp³-hybridized carbons (Fsp3) is 0.391. The quantitative estimate of drug-likeness (QED) is 0.716.